The maximum absolute atomic E-state index is 12.1. The van der Waals surface area contributed by atoms with Crippen molar-refractivity contribution < 1.29 is 9.53 Å². The number of rotatable bonds is 16. The van der Waals surface area contributed by atoms with E-state index in [-0.39, 0.29) is 5.97 Å². The van der Waals surface area contributed by atoms with Gasteiger partial charge in [-0.1, -0.05) is 76.2 Å². The number of hydrogen-bond acceptors (Lipinski definition) is 3. The summed E-state index contributed by atoms with van der Waals surface area (Å²) < 4.78 is 5.67. The molecule has 0 aromatic carbocycles. The molecule has 31 heavy (non-hydrogen) atoms. The fourth-order valence-corrected chi connectivity index (χ4v) is 5.11. The van der Waals surface area contributed by atoms with Crippen molar-refractivity contribution in [1.29, 1.82) is 0 Å². The van der Waals surface area contributed by atoms with Crippen LogP contribution in [0.2, 0.25) is 0 Å². The molecule has 2 aliphatic heterocycles. The molecule has 3 nitrogen and oxygen atoms in total. The van der Waals surface area contributed by atoms with Gasteiger partial charge < -0.3 is 4.74 Å². The Bertz CT molecular complexity index is 511. The standard InChI is InChI=1S/C28H49NO2/c1-2-3-4-5-6-7-8-9-10-11-12-13-14-15-16-22-28(30)31-25-26-20-19-24-29-23-18-17-21-27(26)29/h5-6,8-9,26-27H,2-4,7,10-25H2,1H3/b6-5+,9-8+. The van der Waals surface area contributed by atoms with Gasteiger partial charge in [0.05, 0.1) is 6.61 Å². The van der Waals surface area contributed by atoms with E-state index in [9.17, 15) is 4.79 Å². The highest BCUT2D eigenvalue weighted by Crippen LogP contribution is 2.31. The Balaban J connectivity index is 1.38. The second-order valence-electron chi connectivity index (χ2n) is 9.67. The summed E-state index contributed by atoms with van der Waals surface area (Å²) in [6.07, 6.45) is 29.7. The lowest BCUT2D eigenvalue weighted by molar-refractivity contribution is -0.146. The molecule has 2 heterocycles. The number of allylic oxidation sites excluding steroid dienone is 4. The molecule has 0 aliphatic carbocycles. The molecular formula is C28H49NO2. The first-order valence-electron chi connectivity index (χ1n) is 13.5. The quantitative estimate of drug-likeness (QED) is 0.143. The van der Waals surface area contributed by atoms with Gasteiger partial charge >= 0.3 is 5.97 Å². The summed E-state index contributed by atoms with van der Waals surface area (Å²) in [5.41, 5.74) is 0. The van der Waals surface area contributed by atoms with Crippen molar-refractivity contribution in [1.82, 2.24) is 4.90 Å². The van der Waals surface area contributed by atoms with Gasteiger partial charge in [0.15, 0.2) is 0 Å². The van der Waals surface area contributed by atoms with Gasteiger partial charge in [0.2, 0.25) is 0 Å². The zero-order valence-electron chi connectivity index (χ0n) is 20.4. The predicted molar refractivity (Wildman–Crippen MR) is 132 cm³/mol. The first-order valence-corrected chi connectivity index (χ1v) is 13.5. The summed E-state index contributed by atoms with van der Waals surface area (Å²) in [6.45, 7) is 5.40. The molecule has 0 amide bonds. The normalized spacial score (nSPS) is 22.2. The topological polar surface area (TPSA) is 29.5 Å². The predicted octanol–water partition coefficient (Wildman–Crippen LogP) is 7.61. The number of ether oxygens (including phenoxy) is 1. The van der Waals surface area contributed by atoms with Gasteiger partial charge in [-0.05, 0) is 70.9 Å². The van der Waals surface area contributed by atoms with E-state index in [4.69, 9.17) is 4.74 Å². The van der Waals surface area contributed by atoms with Gasteiger partial charge in [-0.25, -0.2) is 0 Å². The van der Waals surface area contributed by atoms with Gasteiger partial charge in [0, 0.05) is 18.4 Å². The van der Waals surface area contributed by atoms with Gasteiger partial charge in [0.25, 0.3) is 0 Å². The van der Waals surface area contributed by atoms with E-state index in [0.29, 0.717) is 25.0 Å². The highest BCUT2D eigenvalue weighted by atomic mass is 16.5. The Morgan fingerprint density at radius 2 is 1.55 bits per heavy atom. The lowest BCUT2D eigenvalue weighted by Gasteiger charge is -2.44. The van der Waals surface area contributed by atoms with Crippen molar-refractivity contribution in [2.24, 2.45) is 5.92 Å². The average Bonchev–Trinajstić information content (AvgIpc) is 2.80. The third-order valence-corrected chi connectivity index (χ3v) is 7.02. The molecule has 2 atom stereocenters. The SMILES string of the molecule is CCCC/C=C/C/C=C/CCCCCCCCC(=O)OCC1CCCN2CCCCC12. The summed E-state index contributed by atoms with van der Waals surface area (Å²) in [5.74, 6) is 0.603. The molecule has 2 fully saturated rings. The van der Waals surface area contributed by atoms with E-state index in [0.717, 1.165) is 19.3 Å². The van der Waals surface area contributed by atoms with Crippen LogP contribution in [0, 0.1) is 5.92 Å². The minimum atomic E-state index is 0.0295. The summed E-state index contributed by atoms with van der Waals surface area (Å²) >= 11 is 0. The highest BCUT2D eigenvalue weighted by Gasteiger charge is 2.33. The van der Waals surface area contributed by atoms with Crippen LogP contribution in [0.5, 0.6) is 0 Å². The number of piperidine rings is 2. The Labute approximate surface area is 192 Å². The van der Waals surface area contributed by atoms with E-state index in [1.165, 1.54) is 96.6 Å². The van der Waals surface area contributed by atoms with E-state index in [1.807, 2.05) is 0 Å². The molecule has 3 heteroatoms. The van der Waals surface area contributed by atoms with Gasteiger partial charge in [-0.3, -0.25) is 9.69 Å². The van der Waals surface area contributed by atoms with Crippen molar-refractivity contribution in [3.8, 4) is 0 Å². The minimum absolute atomic E-state index is 0.0295. The lowest BCUT2D eigenvalue weighted by Crippen LogP contribution is -2.49. The van der Waals surface area contributed by atoms with E-state index in [1.54, 1.807) is 0 Å². The van der Waals surface area contributed by atoms with Crippen LogP contribution in [-0.2, 0) is 9.53 Å². The Morgan fingerprint density at radius 1 is 0.839 bits per heavy atom. The maximum atomic E-state index is 12.1. The fourth-order valence-electron chi connectivity index (χ4n) is 5.11. The largest absolute Gasteiger partial charge is 0.465 e. The number of carbonyl (C=O) groups excluding carboxylic acids is 1. The van der Waals surface area contributed by atoms with Crippen LogP contribution in [0.25, 0.3) is 0 Å². The Hall–Kier alpha value is -1.09. The van der Waals surface area contributed by atoms with Crippen molar-refractivity contribution in [2.75, 3.05) is 19.7 Å². The number of nitrogens with zero attached hydrogens (tertiary/aromatic N) is 1. The molecule has 2 unspecified atom stereocenters. The first kappa shape index (κ1) is 26.2. The van der Waals surface area contributed by atoms with Crippen LogP contribution < -0.4 is 0 Å². The molecule has 2 rings (SSSR count). The molecule has 0 aromatic heterocycles. The second kappa shape index (κ2) is 17.5. The number of unbranched alkanes of at least 4 members (excludes halogenated alkanes) is 8. The zero-order valence-corrected chi connectivity index (χ0v) is 20.4. The summed E-state index contributed by atoms with van der Waals surface area (Å²) in [5, 5.41) is 0. The zero-order chi connectivity index (χ0) is 22.0. The Kier molecular flexibility index (Phi) is 14.7. The van der Waals surface area contributed by atoms with Crippen LogP contribution in [-0.4, -0.2) is 36.6 Å². The second-order valence-corrected chi connectivity index (χ2v) is 9.67. The van der Waals surface area contributed by atoms with Gasteiger partial charge in [-0.2, -0.15) is 0 Å². The molecule has 0 aromatic rings. The maximum Gasteiger partial charge on any atom is 0.305 e. The summed E-state index contributed by atoms with van der Waals surface area (Å²) in [4.78, 5) is 14.8. The first-order chi connectivity index (χ1) is 15.3. The molecule has 0 bridgehead atoms. The molecule has 0 radical (unpaired) electrons. The number of esters is 1. The number of fused-ring (bicyclic) bond motifs is 1. The Morgan fingerprint density at radius 3 is 2.35 bits per heavy atom. The highest BCUT2D eigenvalue weighted by molar-refractivity contribution is 5.69. The smallest absolute Gasteiger partial charge is 0.305 e. The monoisotopic (exact) mass is 431 g/mol. The van der Waals surface area contributed by atoms with E-state index >= 15 is 0 Å². The van der Waals surface area contributed by atoms with Crippen molar-refractivity contribution in [3.63, 3.8) is 0 Å². The molecule has 0 N–H and O–H groups in total. The average molecular weight is 432 g/mol. The minimum Gasteiger partial charge on any atom is -0.465 e. The molecular weight excluding hydrogens is 382 g/mol. The van der Waals surface area contributed by atoms with Crippen molar-refractivity contribution in [2.45, 2.75) is 122 Å². The molecule has 178 valence electrons. The van der Waals surface area contributed by atoms with Crippen LogP contribution in [0.15, 0.2) is 24.3 Å². The fraction of sp³-hybridized carbons (Fsp3) is 0.821. The van der Waals surface area contributed by atoms with Crippen LogP contribution >= 0.6 is 0 Å². The third kappa shape index (κ3) is 11.9. The van der Waals surface area contributed by atoms with Crippen LogP contribution in [0.3, 0.4) is 0 Å². The van der Waals surface area contributed by atoms with Crippen LogP contribution in [0.4, 0.5) is 0 Å². The summed E-state index contributed by atoms with van der Waals surface area (Å²) in [7, 11) is 0. The lowest BCUT2D eigenvalue weighted by atomic mass is 9.84. The number of hydrogen-bond donors (Lipinski definition) is 0. The molecule has 0 spiro atoms. The summed E-state index contributed by atoms with van der Waals surface area (Å²) in [6, 6.07) is 0.674. The molecule has 2 saturated heterocycles. The molecule has 0 saturated carbocycles. The van der Waals surface area contributed by atoms with E-state index in [2.05, 4.69) is 36.1 Å². The van der Waals surface area contributed by atoms with Crippen molar-refractivity contribution >= 4 is 5.97 Å². The van der Waals surface area contributed by atoms with E-state index < -0.39 is 0 Å². The van der Waals surface area contributed by atoms with Crippen molar-refractivity contribution in [3.05, 3.63) is 24.3 Å². The number of carbonyl (C=O) groups is 1. The third-order valence-electron chi connectivity index (χ3n) is 7.02. The van der Waals surface area contributed by atoms with Gasteiger partial charge in [0.1, 0.15) is 0 Å². The van der Waals surface area contributed by atoms with Crippen LogP contribution in [0.1, 0.15) is 116 Å². The molecule has 2 aliphatic rings. The van der Waals surface area contributed by atoms with Gasteiger partial charge in [-0.15, -0.1) is 0 Å².